The minimum Gasteiger partial charge on any atom is -0.379 e. The van der Waals surface area contributed by atoms with Crippen LogP contribution in [0.1, 0.15) is 35.8 Å². The lowest BCUT2D eigenvalue weighted by molar-refractivity contribution is -0.139. The Kier molecular flexibility index (Phi) is 6.52. The molecular weight excluding hydrogens is 422 g/mol. The molecule has 1 unspecified atom stereocenters. The van der Waals surface area contributed by atoms with Crippen LogP contribution in [0.2, 0.25) is 0 Å². The standard InChI is InChI=1S/C24H27N5O4/c1-2-13-29-22(31)19-11-7-6-10-18(19)20(27-29)21(30)25-26-23(32)24(33)12-14-28(16-24)15-17-8-4-3-5-9-17/h3-11,33H,2,12-16H2,1H3,(H,25,30)(H,26,32). The van der Waals surface area contributed by atoms with E-state index in [2.05, 4.69) is 16.0 Å². The second-order valence-electron chi connectivity index (χ2n) is 8.31. The van der Waals surface area contributed by atoms with Gasteiger partial charge in [-0.3, -0.25) is 30.1 Å². The zero-order valence-electron chi connectivity index (χ0n) is 18.5. The van der Waals surface area contributed by atoms with Gasteiger partial charge >= 0.3 is 0 Å². The average molecular weight is 450 g/mol. The van der Waals surface area contributed by atoms with Crippen molar-refractivity contribution in [2.24, 2.45) is 0 Å². The normalized spacial score (nSPS) is 18.4. The number of amides is 2. The molecule has 1 aromatic heterocycles. The van der Waals surface area contributed by atoms with Crippen LogP contribution >= 0.6 is 0 Å². The Labute approximate surface area is 191 Å². The second-order valence-corrected chi connectivity index (χ2v) is 8.31. The summed E-state index contributed by atoms with van der Waals surface area (Å²) in [6.45, 7) is 3.62. The highest BCUT2D eigenvalue weighted by Crippen LogP contribution is 2.23. The number of carbonyl (C=O) groups excluding carboxylic acids is 2. The Morgan fingerprint density at radius 1 is 1.06 bits per heavy atom. The topological polar surface area (TPSA) is 117 Å². The first-order chi connectivity index (χ1) is 15.9. The highest BCUT2D eigenvalue weighted by atomic mass is 16.3. The lowest BCUT2D eigenvalue weighted by atomic mass is 10.0. The second kappa shape index (κ2) is 9.51. The molecule has 9 heteroatoms. The summed E-state index contributed by atoms with van der Waals surface area (Å²) < 4.78 is 1.25. The van der Waals surface area contributed by atoms with E-state index in [1.165, 1.54) is 4.68 Å². The average Bonchev–Trinajstić information content (AvgIpc) is 3.21. The Morgan fingerprint density at radius 2 is 1.76 bits per heavy atom. The molecule has 1 aliphatic heterocycles. The van der Waals surface area contributed by atoms with Gasteiger partial charge in [0.05, 0.1) is 5.39 Å². The van der Waals surface area contributed by atoms with Gasteiger partial charge in [-0.15, -0.1) is 0 Å². The van der Waals surface area contributed by atoms with Crippen molar-refractivity contribution in [3.63, 3.8) is 0 Å². The van der Waals surface area contributed by atoms with Crippen molar-refractivity contribution < 1.29 is 14.7 Å². The number of benzene rings is 2. The van der Waals surface area contributed by atoms with Crippen LogP contribution in [0.5, 0.6) is 0 Å². The van der Waals surface area contributed by atoms with E-state index in [1.807, 2.05) is 42.2 Å². The van der Waals surface area contributed by atoms with Crippen LogP contribution in [-0.4, -0.2) is 50.3 Å². The van der Waals surface area contributed by atoms with Crippen molar-refractivity contribution >= 4 is 22.6 Å². The highest BCUT2D eigenvalue weighted by Gasteiger charge is 2.43. The van der Waals surface area contributed by atoms with E-state index in [1.54, 1.807) is 24.3 Å². The molecule has 4 rings (SSSR count). The number of aromatic nitrogens is 2. The van der Waals surface area contributed by atoms with Gasteiger partial charge in [0.15, 0.2) is 11.3 Å². The predicted octanol–water partition coefficient (Wildman–Crippen LogP) is 1.20. The summed E-state index contributed by atoms with van der Waals surface area (Å²) in [5.41, 5.74) is 3.93. The van der Waals surface area contributed by atoms with Crippen molar-refractivity contribution in [3.8, 4) is 0 Å². The van der Waals surface area contributed by atoms with Crippen molar-refractivity contribution in [2.45, 2.75) is 38.5 Å². The van der Waals surface area contributed by atoms with Crippen molar-refractivity contribution in [3.05, 3.63) is 76.2 Å². The van der Waals surface area contributed by atoms with E-state index in [9.17, 15) is 19.5 Å². The number of nitrogens with one attached hydrogen (secondary N) is 2. The molecule has 3 aromatic rings. The third-order valence-corrected chi connectivity index (χ3v) is 5.81. The fourth-order valence-corrected chi connectivity index (χ4v) is 4.09. The van der Waals surface area contributed by atoms with Crippen LogP contribution in [0, 0.1) is 0 Å². The summed E-state index contributed by atoms with van der Waals surface area (Å²) in [6, 6.07) is 16.5. The number of nitrogens with zero attached hydrogens (tertiary/aromatic N) is 3. The number of aryl methyl sites for hydroxylation is 1. The van der Waals surface area contributed by atoms with Gasteiger partial charge in [0, 0.05) is 31.6 Å². The Balaban J connectivity index is 1.45. The van der Waals surface area contributed by atoms with Crippen LogP contribution in [0.3, 0.4) is 0 Å². The molecule has 9 nitrogen and oxygen atoms in total. The first kappa shape index (κ1) is 22.6. The van der Waals surface area contributed by atoms with E-state index in [4.69, 9.17) is 0 Å². The molecule has 1 atom stereocenters. The number of aliphatic hydroxyl groups is 1. The molecule has 2 amide bonds. The molecule has 3 N–H and O–H groups in total. The van der Waals surface area contributed by atoms with Crippen LogP contribution in [0.15, 0.2) is 59.4 Å². The van der Waals surface area contributed by atoms with Gasteiger partial charge in [0.2, 0.25) is 0 Å². The maximum atomic E-state index is 12.9. The number of fused-ring (bicyclic) bond motifs is 1. The summed E-state index contributed by atoms with van der Waals surface area (Å²) in [7, 11) is 0. The van der Waals surface area contributed by atoms with E-state index in [0.29, 0.717) is 36.8 Å². The van der Waals surface area contributed by atoms with E-state index in [0.717, 1.165) is 5.56 Å². The van der Waals surface area contributed by atoms with Gasteiger partial charge in [-0.2, -0.15) is 5.10 Å². The van der Waals surface area contributed by atoms with Gasteiger partial charge in [-0.05, 0) is 24.5 Å². The van der Waals surface area contributed by atoms with Crippen molar-refractivity contribution in [1.29, 1.82) is 0 Å². The van der Waals surface area contributed by atoms with Crippen LogP contribution < -0.4 is 16.4 Å². The smallest absolute Gasteiger partial charge is 0.290 e. The summed E-state index contributed by atoms with van der Waals surface area (Å²) in [4.78, 5) is 40.2. The molecule has 1 fully saturated rings. The van der Waals surface area contributed by atoms with Gasteiger partial charge in [-0.1, -0.05) is 55.5 Å². The summed E-state index contributed by atoms with van der Waals surface area (Å²) in [5, 5.41) is 15.8. The van der Waals surface area contributed by atoms with Gasteiger partial charge in [0.25, 0.3) is 17.4 Å². The zero-order valence-corrected chi connectivity index (χ0v) is 18.5. The maximum Gasteiger partial charge on any atom is 0.290 e. The van der Waals surface area contributed by atoms with Gasteiger partial charge < -0.3 is 5.11 Å². The van der Waals surface area contributed by atoms with Crippen molar-refractivity contribution in [2.75, 3.05) is 13.1 Å². The summed E-state index contributed by atoms with van der Waals surface area (Å²) >= 11 is 0. The molecule has 33 heavy (non-hydrogen) atoms. The summed E-state index contributed by atoms with van der Waals surface area (Å²) in [5.74, 6) is -1.34. The third-order valence-electron chi connectivity index (χ3n) is 5.81. The number of β-amino-alcohol motifs (C(OH)–C–C–N with tert-alkyl or cyclic N) is 1. The van der Waals surface area contributed by atoms with Gasteiger partial charge in [0.1, 0.15) is 0 Å². The predicted molar refractivity (Wildman–Crippen MR) is 123 cm³/mol. The molecule has 0 saturated carbocycles. The number of likely N-dealkylation sites (tertiary alicyclic amines) is 1. The molecular formula is C24H27N5O4. The highest BCUT2D eigenvalue weighted by molar-refractivity contribution is 6.05. The molecule has 0 bridgehead atoms. The fourth-order valence-electron chi connectivity index (χ4n) is 4.09. The van der Waals surface area contributed by atoms with Crippen LogP contribution in [0.4, 0.5) is 0 Å². The quantitative estimate of drug-likeness (QED) is 0.487. The molecule has 0 radical (unpaired) electrons. The maximum absolute atomic E-state index is 12.9. The fraction of sp³-hybridized carbons (Fsp3) is 0.333. The van der Waals surface area contributed by atoms with Crippen molar-refractivity contribution in [1.82, 2.24) is 25.5 Å². The molecule has 1 saturated heterocycles. The number of hydrogen-bond donors (Lipinski definition) is 3. The zero-order chi connectivity index (χ0) is 23.4. The third kappa shape index (κ3) is 4.79. The summed E-state index contributed by atoms with van der Waals surface area (Å²) in [6.07, 6.45) is 0.930. The minimum absolute atomic E-state index is 0.0306. The first-order valence-corrected chi connectivity index (χ1v) is 11.0. The number of hydrazine groups is 1. The monoisotopic (exact) mass is 449 g/mol. The lowest BCUT2D eigenvalue weighted by Crippen LogP contribution is -2.54. The SMILES string of the molecule is CCCn1nc(C(=O)NNC(=O)C2(O)CCN(Cc3ccccc3)C2)c2ccccc2c1=O. The molecule has 1 aliphatic rings. The molecule has 0 aliphatic carbocycles. The first-order valence-electron chi connectivity index (χ1n) is 11.0. The number of hydrogen-bond acceptors (Lipinski definition) is 6. The molecule has 2 aromatic carbocycles. The lowest BCUT2D eigenvalue weighted by Gasteiger charge is -2.22. The molecule has 2 heterocycles. The molecule has 172 valence electrons. The Morgan fingerprint density at radius 3 is 2.48 bits per heavy atom. The molecule has 0 spiro atoms. The van der Waals surface area contributed by atoms with E-state index >= 15 is 0 Å². The number of rotatable bonds is 6. The largest absolute Gasteiger partial charge is 0.379 e. The van der Waals surface area contributed by atoms with E-state index in [-0.39, 0.29) is 24.2 Å². The Bertz CT molecular complexity index is 1230. The minimum atomic E-state index is -1.61. The van der Waals surface area contributed by atoms with E-state index < -0.39 is 17.4 Å². The van der Waals surface area contributed by atoms with Crippen LogP contribution in [0.25, 0.3) is 10.8 Å². The number of carbonyl (C=O) groups is 2. The van der Waals surface area contributed by atoms with Crippen LogP contribution in [-0.2, 0) is 17.9 Å². The Hall–Kier alpha value is -3.56. The van der Waals surface area contributed by atoms with Gasteiger partial charge in [-0.25, -0.2) is 4.68 Å².